The van der Waals surface area contributed by atoms with E-state index in [0.717, 1.165) is 34.4 Å². The van der Waals surface area contributed by atoms with Crippen molar-refractivity contribution in [2.75, 3.05) is 0 Å². The molecule has 1 aromatic heterocycles. The monoisotopic (exact) mass is 335 g/mol. The maximum atomic E-state index is 13.0. The summed E-state index contributed by atoms with van der Waals surface area (Å²) in [6.07, 6.45) is 1.14. The van der Waals surface area contributed by atoms with Crippen LogP contribution in [0.4, 0.5) is 4.39 Å². The van der Waals surface area contributed by atoms with E-state index in [2.05, 4.69) is 0 Å². The Morgan fingerprint density at radius 1 is 1.04 bits per heavy atom. The topological polar surface area (TPSA) is 88.8 Å². The molecule has 0 fully saturated rings. The smallest absolute Gasteiger partial charge is 0.510 e. The first-order chi connectivity index (χ1) is 10.9. The van der Waals surface area contributed by atoms with E-state index >= 15 is 0 Å². The van der Waals surface area contributed by atoms with Crippen molar-refractivity contribution in [1.82, 2.24) is 3.97 Å². The molecule has 0 unspecified atom stereocenters. The minimum atomic E-state index is -3.99. The molecule has 9 heteroatoms. The predicted molar refractivity (Wildman–Crippen MR) is 81.7 cm³/mol. The lowest BCUT2D eigenvalue weighted by Crippen LogP contribution is -2.20. The van der Waals surface area contributed by atoms with Crippen LogP contribution in [-0.2, 0) is 10.0 Å². The third-order valence-corrected chi connectivity index (χ3v) is 4.93. The number of fused-ring (bicyclic) bond motifs is 1. The van der Waals surface area contributed by atoms with Gasteiger partial charge in [-0.05, 0) is 36.4 Å². The van der Waals surface area contributed by atoms with Crippen molar-refractivity contribution < 1.29 is 27.5 Å². The summed E-state index contributed by atoms with van der Waals surface area (Å²) in [5.41, 5.74) is 0.299. The molecule has 0 aliphatic heterocycles. The molecule has 3 rings (SSSR count). The quantitative estimate of drug-likeness (QED) is 0.703. The van der Waals surface area contributed by atoms with Gasteiger partial charge in [-0.15, -0.1) is 0 Å². The van der Waals surface area contributed by atoms with E-state index < -0.39 is 23.2 Å². The SMILES string of the molecule is O=S(=O)(c1ccc(F)cc1)n1cc(OB(O)O)c2ccccc21. The zero-order valence-electron chi connectivity index (χ0n) is 11.6. The Hall–Kier alpha value is -2.36. The Balaban J connectivity index is 2.21. The molecular formula is C14H11BFNO5S. The van der Waals surface area contributed by atoms with Crippen molar-refractivity contribution >= 4 is 28.2 Å². The Morgan fingerprint density at radius 2 is 1.70 bits per heavy atom. The summed E-state index contributed by atoms with van der Waals surface area (Å²) in [6.45, 7) is 0. The van der Waals surface area contributed by atoms with E-state index in [1.165, 1.54) is 0 Å². The van der Waals surface area contributed by atoms with Gasteiger partial charge in [0.2, 0.25) is 0 Å². The van der Waals surface area contributed by atoms with Crippen LogP contribution in [0.2, 0.25) is 0 Å². The second-order valence-electron chi connectivity index (χ2n) is 4.71. The van der Waals surface area contributed by atoms with Crippen molar-refractivity contribution in [3.8, 4) is 5.75 Å². The Bertz CT molecular complexity index is 953. The van der Waals surface area contributed by atoms with E-state index in [4.69, 9.17) is 14.7 Å². The number of para-hydroxylation sites is 1. The largest absolute Gasteiger partial charge is 0.707 e. The highest BCUT2D eigenvalue weighted by atomic mass is 32.2. The van der Waals surface area contributed by atoms with Gasteiger partial charge < -0.3 is 14.7 Å². The first-order valence-corrected chi connectivity index (χ1v) is 7.97. The van der Waals surface area contributed by atoms with Crippen molar-refractivity contribution in [3.05, 3.63) is 60.5 Å². The highest BCUT2D eigenvalue weighted by molar-refractivity contribution is 7.90. The van der Waals surface area contributed by atoms with Gasteiger partial charge in [0.25, 0.3) is 10.0 Å². The second-order valence-corrected chi connectivity index (χ2v) is 6.52. The Kier molecular flexibility index (Phi) is 3.84. The highest BCUT2D eigenvalue weighted by Gasteiger charge is 2.23. The standard InChI is InChI=1S/C14H11BFNO5S/c16-10-5-7-11(8-6-10)23(20,21)17-9-14(22-15(18)19)12-3-1-2-4-13(12)17/h1-9,18-19H. The van der Waals surface area contributed by atoms with Crippen LogP contribution in [0.5, 0.6) is 5.75 Å². The molecule has 0 aliphatic rings. The summed E-state index contributed by atoms with van der Waals surface area (Å²) >= 11 is 0. The minimum Gasteiger partial charge on any atom is -0.510 e. The lowest BCUT2D eigenvalue weighted by atomic mass is 10.2. The van der Waals surface area contributed by atoms with Gasteiger partial charge in [0.1, 0.15) is 11.6 Å². The molecule has 0 saturated carbocycles. The number of hydrogen-bond donors (Lipinski definition) is 2. The van der Waals surface area contributed by atoms with Gasteiger partial charge in [-0.1, -0.05) is 12.1 Å². The summed E-state index contributed by atoms with van der Waals surface area (Å²) in [7, 11) is -6.07. The number of rotatable bonds is 4. The summed E-state index contributed by atoms with van der Waals surface area (Å²) in [4.78, 5) is -0.101. The van der Waals surface area contributed by atoms with Crippen LogP contribution in [0.25, 0.3) is 10.9 Å². The molecule has 0 spiro atoms. The van der Waals surface area contributed by atoms with E-state index in [9.17, 15) is 12.8 Å². The molecule has 0 bridgehead atoms. The molecule has 2 aromatic carbocycles. The molecular weight excluding hydrogens is 324 g/mol. The van der Waals surface area contributed by atoms with E-state index in [0.29, 0.717) is 10.9 Å². The molecule has 0 amide bonds. The van der Waals surface area contributed by atoms with Gasteiger partial charge in [-0.3, -0.25) is 0 Å². The molecule has 0 radical (unpaired) electrons. The van der Waals surface area contributed by atoms with E-state index in [1.807, 2.05) is 0 Å². The molecule has 0 aliphatic carbocycles. The first-order valence-electron chi connectivity index (χ1n) is 6.53. The van der Waals surface area contributed by atoms with Gasteiger partial charge in [0.15, 0.2) is 0 Å². The molecule has 6 nitrogen and oxygen atoms in total. The molecule has 118 valence electrons. The highest BCUT2D eigenvalue weighted by Crippen LogP contribution is 2.31. The van der Waals surface area contributed by atoms with Gasteiger partial charge in [-0.25, -0.2) is 16.8 Å². The lowest BCUT2D eigenvalue weighted by Gasteiger charge is -2.07. The average Bonchev–Trinajstić information content (AvgIpc) is 2.87. The van der Waals surface area contributed by atoms with Crippen LogP contribution in [0.1, 0.15) is 0 Å². The summed E-state index contributed by atoms with van der Waals surface area (Å²) in [5.74, 6) is -0.546. The predicted octanol–water partition coefficient (Wildman–Crippen LogP) is 1.37. The lowest BCUT2D eigenvalue weighted by molar-refractivity contribution is 0.289. The number of benzene rings is 2. The van der Waals surface area contributed by atoms with Crippen molar-refractivity contribution in [2.45, 2.75) is 4.90 Å². The first kappa shape index (κ1) is 15.5. The molecule has 0 atom stereocenters. The number of hydrogen-bond acceptors (Lipinski definition) is 5. The van der Waals surface area contributed by atoms with Crippen molar-refractivity contribution in [1.29, 1.82) is 0 Å². The van der Waals surface area contributed by atoms with E-state index in [-0.39, 0.29) is 10.6 Å². The van der Waals surface area contributed by atoms with Crippen LogP contribution in [0, 0.1) is 5.82 Å². The summed E-state index contributed by atoms with van der Waals surface area (Å²) < 4.78 is 44.2. The van der Waals surface area contributed by atoms with Gasteiger partial charge in [0.05, 0.1) is 16.6 Å². The zero-order chi connectivity index (χ0) is 16.6. The normalized spacial score (nSPS) is 11.6. The van der Waals surface area contributed by atoms with Crippen LogP contribution in [0.3, 0.4) is 0 Å². The minimum absolute atomic E-state index is 0.00119. The fraction of sp³-hybridized carbons (Fsp3) is 0. The molecule has 3 aromatic rings. The van der Waals surface area contributed by atoms with Crippen molar-refractivity contribution in [2.24, 2.45) is 0 Å². The molecule has 2 N–H and O–H groups in total. The van der Waals surface area contributed by atoms with Crippen LogP contribution < -0.4 is 4.65 Å². The maximum Gasteiger partial charge on any atom is 0.707 e. The molecule has 23 heavy (non-hydrogen) atoms. The van der Waals surface area contributed by atoms with Crippen LogP contribution in [-0.4, -0.2) is 29.8 Å². The number of aromatic nitrogens is 1. The third-order valence-electron chi connectivity index (χ3n) is 3.24. The fourth-order valence-corrected chi connectivity index (χ4v) is 3.61. The number of nitrogens with zero attached hydrogens (tertiary/aromatic N) is 1. The number of halogens is 1. The summed E-state index contributed by atoms with van der Waals surface area (Å²) in [6, 6.07) is 10.8. The maximum absolute atomic E-state index is 13.0. The fourth-order valence-electron chi connectivity index (χ4n) is 2.25. The van der Waals surface area contributed by atoms with Gasteiger partial charge >= 0.3 is 7.32 Å². The van der Waals surface area contributed by atoms with Gasteiger partial charge in [-0.2, -0.15) is 0 Å². The average molecular weight is 335 g/mol. The zero-order valence-corrected chi connectivity index (χ0v) is 12.4. The molecule has 1 heterocycles. The second kappa shape index (κ2) is 5.69. The third kappa shape index (κ3) is 2.81. The van der Waals surface area contributed by atoms with Crippen LogP contribution in [0.15, 0.2) is 59.6 Å². The summed E-state index contributed by atoms with van der Waals surface area (Å²) in [5, 5.41) is 18.3. The van der Waals surface area contributed by atoms with Crippen molar-refractivity contribution in [3.63, 3.8) is 0 Å². The Morgan fingerprint density at radius 3 is 2.35 bits per heavy atom. The Labute approximate surface area is 131 Å². The van der Waals surface area contributed by atoms with Gasteiger partial charge in [0, 0.05) is 5.39 Å². The van der Waals surface area contributed by atoms with E-state index in [1.54, 1.807) is 24.3 Å². The molecule has 0 saturated heterocycles. The van der Waals surface area contributed by atoms with Crippen LogP contribution >= 0.6 is 0 Å².